The fourth-order valence-corrected chi connectivity index (χ4v) is 1.30. The lowest BCUT2D eigenvalue weighted by Gasteiger charge is -1.88. The van der Waals surface area contributed by atoms with E-state index in [1.165, 1.54) is 24.2 Å². The zero-order chi connectivity index (χ0) is 5.11. The Hall–Kier alpha value is 0.0900. The van der Waals surface area contributed by atoms with Gasteiger partial charge in [-0.25, -0.2) is 0 Å². The van der Waals surface area contributed by atoms with Crippen molar-refractivity contribution in [3.05, 3.63) is 17.2 Å². The molecular formula is C6H9S. The number of thioether (sulfide) groups is 1. The summed E-state index contributed by atoms with van der Waals surface area (Å²) in [5.41, 5.74) is 0. The lowest BCUT2D eigenvalue weighted by molar-refractivity contribution is 0.925. The Labute approximate surface area is 49.0 Å². The average molecular weight is 113 g/mol. The molecule has 39 valence electrons. The predicted octanol–water partition coefficient (Wildman–Crippen LogP) is 2.58. The van der Waals surface area contributed by atoms with Gasteiger partial charge in [-0.15, -0.1) is 11.8 Å². The van der Waals surface area contributed by atoms with Gasteiger partial charge in [0.05, 0.1) is 0 Å². The molecule has 0 amide bonds. The Morgan fingerprint density at radius 2 is 2.57 bits per heavy atom. The lowest BCUT2D eigenvalue weighted by Crippen LogP contribution is -1.60. The van der Waals surface area contributed by atoms with Crippen LogP contribution in [-0.2, 0) is 0 Å². The molecule has 1 heteroatoms. The molecule has 0 aliphatic heterocycles. The third-order valence-electron chi connectivity index (χ3n) is 1.18. The van der Waals surface area contributed by atoms with Crippen LogP contribution in [0.2, 0.25) is 0 Å². The summed E-state index contributed by atoms with van der Waals surface area (Å²) in [6.45, 7) is 0. The molecule has 0 unspecified atom stereocenters. The van der Waals surface area contributed by atoms with Crippen molar-refractivity contribution in [2.75, 3.05) is 0 Å². The Bertz CT molecular complexity index is 84.2. The first kappa shape index (κ1) is 5.23. The lowest BCUT2D eigenvalue weighted by atomic mass is 10.4. The van der Waals surface area contributed by atoms with E-state index in [4.69, 9.17) is 0 Å². The van der Waals surface area contributed by atoms with Gasteiger partial charge in [-0.2, -0.15) is 0 Å². The second kappa shape index (κ2) is 2.41. The summed E-state index contributed by atoms with van der Waals surface area (Å²) in [6, 6.07) is 0. The quantitative estimate of drug-likeness (QED) is 0.503. The minimum atomic E-state index is 1.27. The van der Waals surface area contributed by atoms with Crippen LogP contribution in [0.5, 0.6) is 0 Å². The van der Waals surface area contributed by atoms with E-state index in [1.54, 1.807) is 11.8 Å². The van der Waals surface area contributed by atoms with Gasteiger partial charge >= 0.3 is 0 Å². The zero-order valence-electron chi connectivity index (χ0n) is 4.31. The summed E-state index contributed by atoms with van der Waals surface area (Å²) in [5.74, 6) is 0. The van der Waals surface area contributed by atoms with Crippen molar-refractivity contribution < 1.29 is 0 Å². The maximum absolute atomic E-state index is 3.72. The van der Waals surface area contributed by atoms with E-state index in [1.807, 2.05) is 0 Å². The monoisotopic (exact) mass is 113 g/mol. The highest BCUT2D eigenvalue weighted by atomic mass is 32.2. The minimum absolute atomic E-state index is 1.27. The number of hydrogen-bond acceptors (Lipinski definition) is 1. The van der Waals surface area contributed by atoms with Gasteiger partial charge in [0.2, 0.25) is 0 Å². The molecule has 1 radical (unpaired) electrons. The standard InChI is InChI=1S/C6H9S/c1-7-6-4-2-3-5-6/h4H,1-3,5H2. The highest BCUT2D eigenvalue weighted by molar-refractivity contribution is 8.04. The molecule has 0 aromatic carbocycles. The van der Waals surface area contributed by atoms with Gasteiger partial charge in [-0.05, 0) is 24.2 Å². The Morgan fingerprint density at radius 1 is 1.71 bits per heavy atom. The molecular weight excluding hydrogens is 104 g/mol. The van der Waals surface area contributed by atoms with E-state index in [-0.39, 0.29) is 0 Å². The van der Waals surface area contributed by atoms with Crippen molar-refractivity contribution in [3.63, 3.8) is 0 Å². The minimum Gasteiger partial charge on any atom is -0.130 e. The predicted molar refractivity (Wildman–Crippen MR) is 34.9 cm³/mol. The molecule has 1 rings (SSSR count). The van der Waals surface area contributed by atoms with Gasteiger partial charge in [-0.3, -0.25) is 0 Å². The number of allylic oxidation sites excluding steroid dienone is 2. The fourth-order valence-electron chi connectivity index (χ4n) is 0.772. The smallest absolute Gasteiger partial charge is 0.00711 e. The molecule has 0 aromatic rings. The molecule has 7 heavy (non-hydrogen) atoms. The van der Waals surface area contributed by atoms with Crippen LogP contribution in [0.1, 0.15) is 19.3 Å². The van der Waals surface area contributed by atoms with Crippen LogP contribution in [0.25, 0.3) is 0 Å². The summed E-state index contributed by atoms with van der Waals surface area (Å²) in [4.78, 5) is 1.47. The van der Waals surface area contributed by atoms with Crippen molar-refractivity contribution in [2.45, 2.75) is 19.3 Å². The van der Waals surface area contributed by atoms with Crippen molar-refractivity contribution in [1.82, 2.24) is 0 Å². The second-order valence-electron chi connectivity index (χ2n) is 1.71. The molecule has 0 nitrogen and oxygen atoms in total. The van der Waals surface area contributed by atoms with E-state index in [9.17, 15) is 0 Å². The topological polar surface area (TPSA) is 0 Å². The van der Waals surface area contributed by atoms with Crippen LogP contribution in [0.4, 0.5) is 0 Å². The second-order valence-corrected chi connectivity index (χ2v) is 2.52. The average Bonchev–Trinajstić information content (AvgIpc) is 2.14. The van der Waals surface area contributed by atoms with Gasteiger partial charge in [-0.1, -0.05) is 6.08 Å². The van der Waals surface area contributed by atoms with Gasteiger partial charge in [0, 0.05) is 6.26 Å². The van der Waals surface area contributed by atoms with E-state index in [2.05, 4.69) is 12.3 Å². The zero-order valence-corrected chi connectivity index (χ0v) is 5.13. The number of rotatable bonds is 1. The SMILES string of the molecule is [CH2]SC1=CCCC1. The molecule has 1 aliphatic carbocycles. The molecule has 0 fully saturated rings. The van der Waals surface area contributed by atoms with Crippen molar-refractivity contribution in [1.29, 1.82) is 0 Å². The number of hydrogen-bond donors (Lipinski definition) is 0. The first-order chi connectivity index (χ1) is 3.43. The van der Waals surface area contributed by atoms with E-state index < -0.39 is 0 Å². The molecule has 0 N–H and O–H groups in total. The van der Waals surface area contributed by atoms with Gasteiger partial charge in [0.15, 0.2) is 0 Å². The first-order valence-corrected chi connectivity index (χ1v) is 3.53. The third kappa shape index (κ3) is 1.23. The summed E-state index contributed by atoms with van der Waals surface area (Å²) in [5, 5.41) is 0. The van der Waals surface area contributed by atoms with E-state index >= 15 is 0 Å². The highest BCUT2D eigenvalue weighted by Gasteiger charge is 2.00. The van der Waals surface area contributed by atoms with Gasteiger partial charge < -0.3 is 0 Å². The molecule has 0 atom stereocenters. The summed E-state index contributed by atoms with van der Waals surface area (Å²) >= 11 is 1.64. The van der Waals surface area contributed by atoms with E-state index in [0.717, 1.165) is 0 Å². The molecule has 0 saturated carbocycles. The Kier molecular flexibility index (Phi) is 1.80. The summed E-state index contributed by atoms with van der Waals surface area (Å²) < 4.78 is 0. The maximum atomic E-state index is 3.72. The maximum Gasteiger partial charge on any atom is 0.00711 e. The van der Waals surface area contributed by atoms with Gasteiger partial charge in [0.1, 0.15) is 0 Å². The molecule has 0 heterocycles. The fraction of sp³-hybridized carbons (Fsp3) is 0.500. The third-order valence-corrected chi connectivity index (χ3v) is 1.93. The summed E-state index contributed by atoms with van der Waals surface area (Å²) in [6.07, 6.45) is 9.88. The van der Waals surface area contributed by atoms with Crippen LogP contribution in [0.3, 0.4) is 0 Å². The van der Waals surface area contributed by atoms with Crippen LogP contribution >= 0.6 is 11.8 Å². The van der Waals surface area contributed by atoms with Crippen LogP contribution in [0.15, 0.2) is 11.0 Å². The van der Waals surface area contributed by atoms with Gasteiger partial charge in [0.25, 0.3) is 0 Å². The normalized spacial score (nSPS) is 19.9. The largest absolute Gasteiger partial charge is 0.130 e. The van der Waals surface area contributed by atoms with Crippen LogP contribution in [-0.4, -0.2) is 0 Å². The van der Waals surface area contributed by atoms with Crippen molar-refractivity contribution >= 4 is 11.8 Å². The molecule has 0 saturated heterocycles. The van der Waals surface area contributed by atoms with E-state index in [0.29, 0.717) is 0 Å². The van der Waals surface area contributed by atoms with Crippen molar-refractivity contribution in [3.8, 4) is 0 Å². The Balaban J connectivity index is 2.36. The molecule has 0 bridgehead atoms. The van der Waals surface area contributed by atoms with Crippen molar-refractivity contribution in [2.24, 2.45) is 0 Å². The Morgan fingerprint density at radius 3 is 2.86 bits per heavy atom. The van der Waals surface area contributed by atoms with Crippen LogP contribution in [0, 0.1) is 6.26 Å². The highest BCUT2D eigenvalue weighted by Crippen LogP contribution is 2.26. The molecule has 0 aromatic heterocycles. The summed E-state index contributed by atoms with van der Waals surface area (Å²) in [7, 11) is 0. The first-order valence-electron chi connectivity index (χ1n) is 2.54. The molecule has 0 spiro atoms. The van der Waals surface area contributed by atoms with Crippen LogP contribution < -0.4 is 0 Å². The molecule has 1 aliphatic rings.